The van der Waals surface area contributed by atoms with Gasteiger partial charge in [0.25, 0.3) is 0 Å². The average Bonchev–Trinajstić information content (AvgIpc) is 3.26. The molecule has 0 heterocycles. The van der Waals surface area contributed by atoms with Gasteiger partial charge in [-0.25, -0.2) is 13.6 Å². The summed E-state index contributed by atoms with van der Waals surface area (Å²) < 4.78 is 27.4. The third kappa shape index (κ3) is 4.93. The first kappa shape index (κ1) is 21.0. The number of carbonyl (C=O) groups is 1. The number of hydrogen-bond acceptors (Lipinski definition) is 1. The van der Waals surface area contributed by atoms with Gasteiger partial charge in [0.2, 0.25) is 0 Å². The molecule has 2 amide bonds. The zero-order valence-electron chi connectivity index (χ0n) is 17.4. The standard InChI is InChI=1S/C26H26F2N2O/c27-22-13-14-24(23(28)17-22)29-25(31)30(18-20-9-3-1-4-10-20)19-26(15-7-8-16-26)21-11-5-2-6-12-21/h1-6,9-14,17H,7-8,15-16,18-19H2,(H,29,31). The molecule has 0 saturated heterocycles. The van der Waals surface area contributed by atoms with Crippen LogP contribution in [0.2, 0.25) is 0 Å². The van der Waals surface area contributed by atoms with Crippen molar-refractivity contribution in [3.05, 3.63) is 102 Å². The molecule has 0 aliphatic heterocycles. The molecular formula is C26H26F2N2O. The first-order valence-corrected chi connectivity index (χ1v) is 10.7. The lowest BCUT2D eigenvalue weighted by molar-refractivity contribution is 0.188. The Kier molecular flexibility index (Phi) is 6.31. The van der Waals surface area contributed by atoms with Crippen LogP contribution in [0.5, 0.6) is 0 Å². The van der Waals surface area contributed by atoms with Crippen LogP contribution in [0, 0.1) is 11.6 Å². The lowest BCUT2D eigenvalue weighted by Crippen LogP contribution is -2.44. The molecule has 0 spiro atoms. The van der Waals surface area contributed by atoms with E-state index in [0.717, 1.165) is 43.4 Å². The second-order valence-electron chi connectivity index (χ2n) is 8.25. The minimum Gasteiger partial charge on any atom is -0.319 e. The van der Waals surface area contributed by atoms with Gasteiger partial charge in [-0.05, 0) is 36.1 Å². The van der Waals surface area contributed by atoms with Crippen molar-refractivity contribution < 1.29 is 13.6 Å². The van der Waals surface area contributed by atoms with E-state index in [9.17, 15) is 13.6 Å². The van der Waals surface area contributed by atoms with Crippen LogP contribution < -0.4 is 5.32 Å². The van der Waals surface area contributed by atoms with E-state index in [2.05, 4.69) is 17.4 Å². The smallest absolute Gasteiger partial charge is 0.319 e. The molecule has 1 aliphatic carbocycles. The normalized spacial score (nSPS) is 14.9. The highest BCUT2D eigenvalue weighted by Gasteiger charge is 2.38. The van der Waals surface area contributed by atoms with Gasteiger partial charge in [0.15, 0.2) is 0 Å². The van der Waals surface area contributed by atoms with E-state index >= 15 is 0 Å². The molecule has 3 aromatic rings. The van der Waals surface area contributed by atoms with Crippen molar-refractivity contribution in [2.75, 3.05) is 11.9 Å². The summed E-state index contributed by atoms with van der Waals surface area (Å²) in [4.78, 5) is 15.0. The predicted octanol–water partition coefficient (Wildman–Crippen LogP) is 6.51. The summed E-state index contributed by atoms with van der Waals surface area (Å²) in [5.41, 5.74) is 2.07. The second kappa shape index (κ2) is 9.29. The number of nitrogens with one attached hydrogen (secondary N) is 1. The van der Waals surface area contributed by atoms with Gasteiger partial charge in [-0.15, -0.1) is 0 Å². The molecule has 5 heteroatoms. The van der Waals surface area contributed by atoms with E-state index in [1.807, 2.05) is 48.5 Å². The molecule has 0 aromatic heterocycles. The van der Waals surface area contributed by atoms with Gasteiger partial charge < -0.3 is 10.2 Å². The third-order valence-electron chi connectivity index (χ3n) is 6.12. The van der Waals surface area contributed by atoms with E-state index in [-0.39, 0.29) is 11.1 Å². The highest BCUT2D eigenvalue weighted by Crippen LogP contribution is 2.42. The highest BCUT2D eigenvalue weighted by atomic mass is 19.1. The Labute approximate surface area is 181 Å². The van der Waals surface area contributed by atoms with Crippen molar-refractivity contribution in [2.24, 2.45) is 0 Å². The number of hydrogen-bond donors (Lipinski definition) is 1. The molecule has 4 rings (SSSR count). The van der Waals surface area contributed by atoms with Crippen LogP contribution >= 0.6 is 0 Å². The Hall–Kier alpha value is -3.21. The summed E-state index contributed by atoms with van der Waals surface area (Å²) in [6, 6.07) is 22.9. The minimum atomic E-state index is -0.786. The van der Waals surface area contributed by atoms with Crippen molar-refractivity contribution in [2.45, 2.75) is 37.6 Å². The Bertz CT molecular complexity index is 1020. The molecule has 1 aliphatic rings. The molecule has 1 saturated carbocycles. The van der Waals surface area contributed by atoms with Crippen LogP contribution in [0.4, 0.5) is 19.3 Å². The minimum absolute atomic E-state index is 0.0235. The molecule has 0 atom stereocenters. The van der Waals surface area contributed by atoms with Gasteiger partial charge in [-0.2, -0.15) is 0 Å². The lowest BCUT2D eigenvalue weighted by atomic mass is 9.78. The summed E-state index contributed by atoms with van der Waals surface area (Å²) in [6.07, 6.45) is 4.23. The predicted molar refractivity (Wildman–Crippen MR) is 119 cm³/mol. The zero-order chi connectivity index (χ0) is 21.7. The van der Waals surface area contributed by atoms with E-state index in [1.54, 1.807) is 4.90 Å². The van der Waals surface area contributed by atoms with E-state index in [1.165, 1.54) is 11.6 Å². The summed E-state index contributed by atoms with van der Waals surface area (Å²) in [5, 5.41) is 2.65. The Morgan fingerprint density at radius 3 is 2.19 bits per heavy atom. The number of halogens is 2. The molecule has 3 aromatic carbocycles. The third-order valence-corrected chi connectivity index (χ3v) is 6.12. The van der Waals surface area contributed by atoms with Crippen molar-refractivity contribution in [1.82, 2.24) is 4.90 Å². The molecular weight excluding hydrogens is 394 g/mol. The monoisotopic (exact) mass is 420 g/mol. The number of carbonyl (C=O) groups excluding carboxylic acids is 1. The van der Waals surface area contributed by atoms with E-state index in [0.29, 0.717) is 13.1 Å². The topological polar surface area (TPSA) is 32.3 Å². The van der Waals surface area contributed by atoms with Gasteiger partial charge in [0.1, 0.15) is 11.6 Å². The van der Waals surface area contributed by atoms with Crippen molar-refractivity contribution in [1.29, 1.82) is 0 Å². The van der Waals surface area contributed by atoms with Crippen LogP contribution in [0.25, 0.3) is 0 Å². The fraction of sp³-hybridized carbons (Fsp3) is 0.269. The number of anilines is 1. The first-order valence-electron chi connectivity index (χ1n) is 10.7. The number of rotatable bonds is 6. The number of benzene rings is 3. The largest absolute Gasteiger partial charge is 0.322 e. The van der Waals surface area contributed by atoms with Crippen LogP contribution in [0.1, 0.15) is 36.8 Å². The van der Waals surface area contributed by atoms with Gasteiger partial charge in [0, 0.05) is 24.6 Å². The summed E-state index contributed by atoms with van der Waals surface area (Å²) >= 11 is 0. The molecule has 31 heavy (non-hydrogen) atoms. The molecule has 3 nitrogen and oxygen atoms in total. The molecule has 0 unspecified atom stereocenters. The molecule has 1 N–H and O–H groups in total. The van der Waals surface area contributed by atoms with Crippen LogP contribution in [-0.2, 0) is 12.0 Å². The molecule has 0 bridgehead atoms. The van der Waals surface area contributed by atoms with Crippen LogP contribution in [0.15, 0.2) is 78.9 Å². The number of amides is 2. The Morgan fingerprint density at radius 2 is 1.55 bits per heavy atom. The number of urea groups is 1. The van der Waals surface area contributed by atoms with Gasteiger partial charge in [0.05, 0.1) is 5.69 Å². The first-order chi connectivity index (χ1) is 15.1. The molecule has 160 valence electrons. The maximum Gasteiger partial charge on any atom is 0.322 e. The van der Waals surface area contributed by atoms with Crippen molar-refractivity contribution in [3.63, 3.8) is 0 Å². The summed E-state index contributed by atoms with van der Waals surface area (Å²) in [5.74, 6) is -1.46. The second-order valence-corrected chi connectivity index (χ2v) is 8.25. The quantitative estimate of drug-likeness (QED) is 0.484. The van der Waals surface area contributed by atoms with Crippen molar-refractivity contribution in [3.8, 4) is 0 Å². The van der Waals surface area contributed by atoms with Crippen LogP contribution in [-0.4, -0.2) is 17.5 Å². The zero-order valence-corrected chi connectivity index (χ0v) is 17.4. The maximum atomic E-state index is 14.2. The summed E-state index contributed by atoms with van der Waals surface area (Å²) in [7, 11) is 0. The number of nitrogens with zero attached hydrogens (tertiary/aromatic N) is 1. The average molecular weight is 421 g/mol. The fourth-order valence-corrected chi connectivity index (χ4v) is 4.54. The summed E-state index contributed by atoms with van der Waals surface area (Å²) in [6.45, 7) is 0.935. The SMILES string of the molecule is O=C(Nc1ccc(F)cc1F)N(Cc1ccccc1)CC1(c2ccccc2)CCCC1. The van der Waals surface area contributed by atoms with Gasteiger partial charge in [-0.3, -0.25) is 0 Å². The van der Waals surface area contributed by atoms with E-state index in [4.69, 9.17) is 0 Å². The molecule has 1 fully saturated rings. The van der Waals surface area contributed by atoms with Gasteiger partial charge >= 0.3 is 6.03 Å². The molecule has 0 radical (unpaired) electrons. The highest BCUT2D eigenvalue weighted by molar-refractivity contribution is 5.89. The fourth-order valence-electron chi connectivity index (χ4n) is 4.54. The van der Waals surface area contributed by atoms with Gasteiger partial charge in [-0.1, -0.05) is 73.5 Å². The van der Waals surface area contributed by atoms with E-state index < -0.39 is 17.7 Å². The maximum absolute atomic E-state index is 14.2. The Balaban J connectivity index is 1.62. The van der Waals surface area contributed by atoms with Crippen LogP contribution in [0.3, 0.4) is 0 Å². The lowest BCUT2D eigenvalue weighted by Gasteiger charge is -2.36. The van der Waals surface area contributed by atoms with Crippen molar-refractivity contribution >= 4 is 11.7 Å². The Morgan fingerprint density at radius 1 is 0.903 bits per heavy atom.